The van der Waals surface area contributed by atoms with E-state index in [1.807, 2.05) is 13.1 Å². The number of nitrogens with zero attached hydrogens (tertiary/aromatic N) is 5. The van der Waals surface area contributed by atoms with Gasteiger partial charge in [0.05, 0.1) is 11.6 Å². The number of H-pyrrole nitrogens is 1. The van der Waals surface area contributed by atoms with E-state index in [0.29, 0.717) is 12.0 Å². The summed E-state index contributed by atoms with van der Waals surface area (Å²) in [7, 11) is 2.18. The number of aromatic amines is 1. The number of aromatic nitrogens is 4. The second-order valence-corrected chi connectivity index (χ2v) is 5.69. The van der Waals surface area contributed by atoms with E-state index >= 15 is 0 Å². The predicted octanol–water partition coefficient (Wildman–Crippen LogP) is 1.32. The van der Waals surface area contributed by atoms with Crippen molar-refractivity contribution < 1.29 is 0 Å². The topological polar surface area (TPSA) is 73.0 Å². The first-order chi connectivity index (χ1) is 10.2. The molecule has 3 heterocycles. The molecule has 0 amide bonds. The fraction of sp³-hybridized carbons (Fsp3) is 0.643. The van der Waals surface area contributed by atoms with E-state index in [2.05, 4.69) is 44.3 Å². The molecule has 1 aliphatic rings. The van der Waals surface area contributed by atoms with E-state index in [9.17, 15) is 0 Å². The molecule has 1 fully saturated rings. The third-order valence-electron chi connectivity index (χ3n) is 3.94. The lowest BCUT2D eigenvalue weighted by Crippen LogP contribution is -2.38. The molecule has 7 heteroatoms. The van der Waals surface area contributed by atoms with Gasteiger partial charge >= 0.3 is 0 Å². The highest BCUT2D eigenvalue weighted by molar-refractivity contribution is 5.87. The van der Waals surface area contributed by atoms with Gasteiger partial charge in [0.15, 0.2) is 5.65 Å². The van der Waals surface area contributed by atoms with Crippen LogP contribution in [0.15, 0.2) is 6.20 Å². The average molecular weight is 289 g/mol. The molecule has 2 aromatic heterocycles. The Morgan fingerprint density at radius 2 is 2.24 bits per heavy atom. The molecule has 0 spiro atoms. The summed E-state index contributed by atoms with van der Waals surface area (Å²) in [5, 5.41) is 11.3. The van der Waals surface area contributed by atoms with Crippen molar-refractivity contribution in [3.63, 3.8) is 0 Å². The molecule has 1 saturated heterocycles. The van der Waals surface area contributed by atoms with Crippen molar-refractivity contribution in [2.75, 3.05) is 43.4 Å². The number of nitrogens with one attached hydrogen (secondary N) is 2. The summed E-state index contributed by atoms with van der Waals surface area (Å²) in [6.45, 7) is 8.28. The Morgan fingerprint density at radius 3 is 3.05 bits per heavy atom. The minimum absolute atomic E-state index is 0.417. The summed E-state index contributed by atoms with van der Waals surface area (Å²) in [4.78, 5) is 14.0. The van der Waals surface area contributed by atoms with E-state index in [0.717, 1.165) is 49.5 Å². The molecule has 0 aromatic carbocycles. The molecule has 114 valence electrons. The summed E-state index contributed by atoms with van der Waals surface area (Å²) in [5.41, 5.74) is 0.792. The highest BCUT2D eigenvalue weighted by Gasteiger charge is 2.24. The Bertz CT molecular complexity index is 608. The molecular weight excluding hydrogens is 266 g/mol. The van der Waals surface area contributed by atoms with Crippen molar-refractivity contribution in [1.29, 1.82) is 0 Å². The summed E-state index contributed by atoms with van der Waals surface area (Å²) >= 11 is 0. The second kappa shape index (κ2) is 5.85. The molecule has 1 unspecified atom stereocenters. The van der Waals surface area contributed by atoms with Crippen molar-refractivity contribution in [3.8, 4) is 0 Å². The van der Waals surface area contributed by atoms with Gasteiger partial charge in [0, 0.05) is 25.7 Å². The normalized spacial score (nSPS) is 20.7. The Hall–Kier alpha value is -1.89. The van der Waals surface area contributed by atoms with Crippen LogP contribution in [-0.4, -0.2) is 64.3 Å². The Labute approximate surface area is 124 Å². The van der Waals surface area contributed by atoms with Gasteiger partial charge in [-0.1, -0.05) is 0 Å². The van der Waals surface area contributed by atoms with Crippen LogP contribution in [-0.2, 0) is 0 Å². The van der Waals surface area contributed by atoms with E-state index in [4.69, 9.17) is 4.98 Å². The molecule has 7 nitrogen and oxygen atoms in total. The lowest BCUT2D eigenvalue weighted by atomic mass is 10.2. The van der Waals surface area contributed by atoms with Crippen LogP contribution < -0.4 is 10.2 Å². The van der Waals surface area contributed by atoms with Gasteiger partial charge in [0.1, 0.15) is 5.82 Å². The first-order valence-corrected chi connectivity index (χ1v) is 7.59. The van der Waals surface area contributed by atoms with Crippen LogP contribution in [0.1, 0.15) is 20.3 Å². The van der Waals surface area contributed by atoms with Gasteiger partial charge in [-0.2, -0.15) is 15.1 Å². The van der Waals surface area contributed by atoms with E-state index < -0.39 is 0 Å². The quantitative estimate of drug-likeness (QED) is 0.888. The molecule has 0 radical (unpaired) electrons. The zero-order chi connectivity index (χ0) is 14.8. The number of likely N-dealkylation sites (N-methyl/N-ethyl adjacent to an activating group) is 1. The van der Waals surface area contributed by atoms with Gasteiger partial charge in [-0.05, 0) is 33.9 Å². The highest BCUT2D eigenvalue weighted by Crippen LogP contribution is 2.26. The number of rotatable bonds is 3. The molecular formula is C14H23N7. The van der Waals surface area contributed by atoms with Gasteiger partial charge < -0.3 is 15.1 Å². The van der Waals surface area contributed by atoms with Crippen LogP contribution in [0.2, 0.25) is 0 Å². The smallest absolute Gasteiger partial charge is 0.226 e. The number of fused-ring (bicyclic) bond motifs is 1. The molecule has 0 aliphatic carbocycles. The fourth-order valence-corrected chi connectivity index (χ4v) is 2.96. The summed E-state index contributed by atoms with van der Waals surface area (Å²) < 4.78 is 0. The molecule has 3 rings (SSSR count). The highest BCUT2D eigenvalue weighted by atomic mass is 15.3. The first-order valence-electron chi connectivity index (χ1n) is 7.59. The molecule has 1 atom stereocenters. The van der Waals surface area contributed by atoms with Crippen LogP contribution in [0.25, 0.3) is 11.0 Å². The Kier molecular flexibility index (Phi) is 3.92. The van der Waals surface area contributed by atoms with Crippen molar-refractivity contribution in [2.45, 2.75) is 26.3 Å². The SMILES string of the molecule is CCNc1nc(N2CCCN(C)CC2C)c2cn[nH]c2n1. The molecule has 2 N–H and O–H groups in total. The van der Waals surface area contributed by atoms with Crippen molar-refractivity contribution >= 4 is 22.8 Å². The number of hydrogen-bond donors (Lipinski definition) is 2. The summed E-state index contributed by atoms with van der Waals surface area (Å²) in [6.07, 6.45) is 2.96. The monoisotopic (exact) mass is 289 g/mol. The zero-order valence-electron chi connectivity index (χ0n) is 12.9. The van der Waals surface area contributed by atoms with Gasteiger partial charge in [0.25, 0.3) is 0 Å². The van der Waals surface area contributed by atoms with Crippen LogP contribution in [0, 0.1) is 0 Å². The van der Waals surface area contributed by atoms with Gasteiger partial charge in [-0.15, -0.1) is 0 Å². The van der Waals surface area contributed by atoms with Crippen LogP contribution in [0.4, 0.5) is 11.8 Å². The molecule has 1 aliphatic heterocycles. The average Bonchev–Trinajstić information content (AvgIpc) is 2.84. The summed E-state index contributed by atoms with van der Waals surface area (Å²) in [5.74, 6) is 1.64. The van der Waals surface area contributed by atoms with Gasteiger partial charge in [-0.3, -0.25) is 5.10 Å². The predicted molar refractivity (Wildman–Crippen MR) is 84.8 cm³/mol. The largest absolute Gasteiger partial charge is 0.354 e. The Morgan fingerprint density at radius 1 is 1.38 bits per heavy atom. The lowest BCUT2D eigenvalue weighted by Gasteiger charge is -2.29. The van der Waals surface area contributed by atoms with E-state index in [1.165, 1.54) is 0 Å². The Balaban J connectivity index is 2.02. The van der Waals surface area contributed by atoms with Crippen LogP contribution >= 0.6 is 0 Å². The van der Waals surface area contributed by atoms with Crippen molar-refractivity contribution in [2.24, 2.45) is 0 Å². The van der Waals surface area contributed by atoms with Crippen LogP contribution in [0.5, 0.6) is 0 Å². The summed E-state index contributed by atoms with van der Waals surface area (Å²) in [6, 6.07) is 0.417. The maximum absolute atomic E-state index is 4.73. The standard InChI is InChI=1S/C14H23N7/c1-4-15-14-17-12-11(8-16-19-12)13(18-14)21-7-5-6-20(3)9-10(21)2/h8,10H,4-7,9H2,1-3H3,(H2,15,16,17,18,19). The number of anilines is 2. The van der Waals surface area contributed by atoms with E-state index in [1.54, 1.807) is 0 Å². The van der Waals surface area contributed by atoms with Crippen molar-refractivity contribution in [3.05, 3.63) is 6.20 Å². The van der Waals surface area contributed by atoms with Crippen molar-refractivity contribution in [1.82, 2.24) is 25.1 Å². The first kappa shape index (κ1) is 14.1. The molecule has 2 aromatic rings. The van der Waals surface area contributed by atoms with Gasteiger partial charge in [0.2, 0.25) is 5.95 Å². The minimum Gasteiger partial charge on any atom is -0.354 e. The molecule has 0 bridgehead atoms. The second-order valence-electron chi connectivity index (χ2n) is 5.69. The fourth-order valence-electron chi connectivity index (χ4n) is 2.96. The van der Waals surface area contributed by atoms with E-state index in [-0.39, 0.29) is 0 Å². The molecule has 21 heavy (non-hydrogen) atoms. The van der Waals surface area contributed by atoms with Gasteiger partial charge in [-0.25, -0.2) is 0 Å². The van der Waals surface area contributed by atoms with Crippen LogP contribution in [0.3, 0.4) is 0 Å². The maximum atomic E-state index is 4.73. The minimum atomic E-state index is 0.417. The lowest BCUT2D eigenvalue weighted by molar-refractivity contribution is 0.337. The molecule has 0 saturated carbocycles. The zero-order valence-corrected chi connectivity index (χ0v) is 12.9. The third kappa shape index (κ3) is 2.78. The maximum Gasteiger partial charge on any atom is 0.226 e. The number of hydrogen-bond acceptors (Lipinski definition) is 6. The third-order valence-corrected chi connectivity index (χ3v) is 3.94.